The van der Waals surface area contributed by atoms with Crippen LogP contribution in [0, 0.1) is 0 Å². The van der Waals surface area contributed by atoms with Gasteiger partial charge in [0, 0.05) is 18.6 Å². The highest BCUT2D eigenvalue weighted by atomic mass is 15.2. The van der Waals surface area contributed by atoms with E-state index in [0.717, 1.165) is 0 Å². The molecule has 0 atom stereocenters. The highest BCUT2D eigenvalue weighted by Crippen LogP contribution is 1.97. The van der Waals surface area contributed by atoms with Crippen molar-refractivity contribution in [2.45, 2.75) is 0 Å². The number of nitrogens with zero attached hydrogens (tertiary/aromatic N) is 2. The van der Waals surface area contributed by atoms with Gasteiger partial charge in [-0.3, -0.25) is 0 Å². The summed E-state index contributed by atoms with van der Waals surface area (Å²) in [4.78, 5) is 0. The van der Waals surface area contributed by atoms with E-state index >= 15 is 0 Å². The third kappa shape index (κ3) is 1.29. The molecular weight excluding hydrogens is 136 g/mol. The quantitative estimate of drug-likeness (QED) is 0.552. The zero-order valence-corrected chi connectivity index (χ0v) is 6.01. The Hall–Kier alpha value is -1.57. The highest BCUT2D eigenvalue weighted by Gasteiger charge is 1.79. The molecule has 11 heavy (non-hydrogen) atoms. The Balaban J connectivity index is 2.88. The second kappa shape index (κ2) is 2.58. The molecule has 3 aromatic rings. The normalized spacial score (nSPS) is 9.82. The van der Waals surface area contributed by atoms with E-state index in [1.165, 1.54) is 5.39 Å². The average molecular weight is 144 g/mol. The molecule has 3 heterocycles. The van der Waals surface area contributed by atoms with Gasteiger partial charge < -0.3 is 0 Å². The molecule has 3 aromatic heterocycles. The molecule has 2 nitrogen and oxygen atoms in total. The molecule has 0 unspecified atom stereocenters. The van der Waals surface area contributed by atoms with Crippen LogP contribution in [0.15, 0.2) is 48.9 Å². The van der Waals surface area contributed by atoms with Crippen molar-refractivity contribution in [3.8, 4) is 0 Å². The van der Waals surface area contributed by atoms with E-state index in [4.69, 9.17) is 0 Å². The molecule has 0 saturated carbocycles. The minimum Gasteiger partial charge on any atom is -0.248 e. The van der Waals surface area contributed by atoms with Crippen molar-refractivity contribution in [3.05, 3.63) is 48.9 Å². The number of hydrogen-bond acceptors (Lipinski definition) is 1. The topological polar surface area (TPSA) is 17.3 Å². The van der Waals surface area contributed by atoms with Crippen molar-refractivity contribution in [2.75, 3.05) is 0 Å². The molecule has 2 bridgehead atoms. The molecule has 54 valence electrons. The fourth-order valence-electron chi connectivity index (χ4n) is 0.950. The maximum atomic E-state index is 4.11. The first-order chi connectivity index (χ1) is 5.45. The van der Waals surface area contributed by atoms with Crippen LogP contribution in [-0.4, -0.2) is 9.61 Å². The van der Waals surface area contributed by atoms with Crippen LogP contribution in [0.4, 0.5) is 0 Å². The molecule has 0 radical (unpaired) electrons. The Kier molecular flexibility index (Phi) is 1.44. The summed E-state index contributed by atoms with van der Waals surface area (Å²) in [7, 11) is 0. The fraction of sp³-hybridized carbons (Fsp3) is 0. The second-order valence-electron chi connectivity index (χ2n) is 2.33. The van der Waals surface area contributed by atoms with Crippen molar-refractivity contribution < 1.29 is 0 Å². The van der Waals surface area contributed by atoms with E-state index < -0.39 is 0 Å². The molecule has 0 saturated heterocycles. The third-order valence-corrected chi connectivity index (χ3v) is 1.53. The molecule has 0 fully saturated rings. The molecule has 0 N–H and O–H groups in total. The Morgan fingerprint density at radius 1 is 1.00 bits per heavy atom. The third-order valence-electron chi connectivity index (χ3n) is 1.53. The van der Waals surface area contributed by atoms with Gasteiger partial charge in [-0.25, -0.2) is 4.52 Å². The van der Waals surface area contributed by atoms with Gasteiger partial charge in [0.15, 0.2) is 0 Å². The molecule has 0 amide bonds. The van der Waals surface area contributed by atoms with E-state index in [1.54, 1.807) is 10.7 Å². The summed E-state index contributed by atoms with van der Waals surface area (Å²) in [5.74, 6) is 0. The number of fused-ring (bicyclic) bond motifs is 6. The second-order valence-corrected chi connectivity index (χ2v) is 2.33. The largest absolute Gasteiger partial charge is 0.248 e. The summed E-state index contributed by atoms with van der Waals surface area (Å²) < 4.78 is 1.77. The van der Waals surface area contributed by atoms with E-state index in [-0.39, 0.29) is 0 Å². The highest BCUT2D eigenvalue weighted by molar-refractivity contribution is 5.49. The standard InChI is InChI=1S/C9H8N2/c1-2-6-10-11-7-4-9(3-1)5-8-11/h1-8H. The maximum Gasteiger partial charge on any atom is 0.0478 e. The van der Waals surface area contributed by atoms with Crippen molar-refractivity contribution in [1.29, 1.82) is 0 Å². The molecule has 3 rings (SSSR count). The van der Waals surface area contributed by atoms with Crippen LogP contribution in [0.25, 0.3) is 5.39 Å². The lowest BCUT2D eigenvalue weighted by Crippen LogP contribution is -1.84. The van der Waals surface area contributed by atoms with Crippen LogP contribution < -0.4 is 0 Å². The van der Waals surface area contributed by atoms with Crippen LogP contribution in [0.5, 0.6) is 0 Å². The van der Waals surface area contributed by atoms with Gasteiger partial charge in [0.1, 0.15) is 0 Å². The Bertz CT molecular complexity index is 307. The molecule has 2 heteroatoms. The number of pyridine rings is 1. The van der Waals surface area contributed by atoms with Crippen LogP contribution in [0.2, 0.25) is 0 Å². The first kappa shape index (κ1) is 6.16. The first-order valence-electron chi connectivity index (χ1n) is 3.51. The van der Waals surface area contributed by atoms with E-state index in [1.807, 2.05) is 42.7 Å². The lowest BCUT2D eigenvalue weighted by molar-refractivity contribution is 0.902. The first-order valence-corrected chi connectivity index (χ1v) is 3.51. The molecule has 0 aliphatic carbocycles. The summed E-state index contributed by atoms with van der Waals surface area (Å²) in [6.45, 7) is 0. The summed E-state index contributed by atoms with van der Waals surface area (Å²) in [6, 6.07) is 9.97. The number of aromatic nitrogens is 2. The lowest BCUT2D eigenvalue weighted by atomic mass is 10.3. The summed E-state index contributed by atoms with van der Waals surface area (Å²) in [5, 5.41) is 5.31. The molecule has 0 aliphatic heterocycles. The van der Waals surface area contributed by atoms with E-state index in [0.29, 0.717) is 0 Å². The number of rotatable bonds is 0. The summed E-state index contributed by atoms with van der Waals surface area (Å²) in [6.07, 6.45) is 5.62. The van der Waals surface area contributed by atoms with Gasteiger partial charge in [-0.1, -0.05) is 12.1 Å². The zero-order chi connectivity index (χ0) is 7.52. The maximum absolute atomic E-state index is 4.11. The summed E-state index contributed by atoms with van der Waals surface area (Å²) >= 11 is 0. The van der Waals surface area contributed by atoms with Crippen molar-refractivity contribution in [2.24, 2.45) is 0 Å². The van der Waals surface area contributed by atoms with E-state index in [9.17, 15) is 0 Å². The van der Waals surface area contributed by atoms with Gasteiger partial charge in [0.25, 0.3) is 0 Å². The van der Waals surface area contributed by atoms with Gasteiger partial charge in [-0.05, 0) is 23.6 Å². The van der Waals surface area contributed by atoms with Crippen LogP contribution in [0.3, 0.4) is 0 Å². The Labute approximate surface area is 64.8 Å². The van der Waals surface area contributed by atoms with Gasteiger partial charge >= 0.3 is 0 Å². The minimum absolute atomic E-state index is 1.20. The van der Waals surface area contributed by atoms with Gasteiger partial charge in [-0.15, -0.1) is 0 Å². The molecule has 0 aliphatic rings. The predicted octanol–water partition coefficient (Wildman–Crippen LogP) is 1.90. The lowest BCUT2D eigenvalue weighted by Gasteiger charge is -1.88. The SMILES string of the molecule is c1ccc2ccn(cc2)nc1. The molecule has 0 aromatic carbocycles. The van der Waals surface area contributed by atoms with Crippen molar-refractivity contribution in [3.63, 3.8) is 0 Å². The predicted molar refractivity (Wildman–Crippen MR) is 44.0 cm³/mol. The van der Waals surface area contributed by atoms with Crippen molar-refractivity contribution in [1.82, 2.24) is 9.61 Å². The molecular formula is C9H8N2. The average Bonchev–Trinajstić information content (AvgIpc) is 2.21. The van der Waals surface area contributed by atoms with Crippen LogP contribution in [0.1, 0.15) is 0 Å². The van der Waals surface area contributed by atoms with Crippen LogP contribution >= 0.6 is 0 Å². The zero-order valence-electron chi connectivity index (χ0n) is 6.01. The van der Waals surface area contributed by atoms with Gasteiger partial charge in [0.05, 0.1) is 0 Å². The smallest absolute Gasteiger partial charge is 0.0478 e. The summed E-state index contributed by atoms with van der Waals surface area (Å²) in [5.41, 5.74) is 0. The van der Waals surface area contributed by atoms with Crippen LogP contribution in [-0.2, 0) is 0 Å². The van der Waals surface area contributed by atoms with Crippen molar-refractivity contribution >= 4 is 5.39 Å². The fourth-order valence-corrected chi connectivity index (χ4v) is 0.950. The van der Waals surface area contributed by atoms with E-state index in [2.05, 4.69) is 5.10 Å². The van der Waals surface area contributed by atoms with Gasteiger partial charge in [-0.2, -0.15) is 5.10 Å². The number of hydrogen-bond donors (Lipinski definition) is 0. The molecule has 0 spiro atoms. The Morgan fingerprint density at radius 2 is 1.82 bits per heavy atom. The minimum atomic E-state index is 1.20. The Morgan fingerprint density at radius 3 is 2.64 bits per heavy atom. The van der Waals surface area contributed by atoms with Gasteiger partial charge in [0.2, 0.25) is 0 Å². The monoisotopic (exact) mass is 144 g/mol.